The first kappa shape index (κ1) is 18.3. The molecule has 1 atom stereocenters. The molecule has 132 valence electrons. The number of carbonyl (C=O) groups is 2. The number of carbonyl (C=O) groups excluding carboxylic acids is 2. The predicted molar refractivity (Wildman–Crippen MR) is 95.0 cm³/mol. The highest BCUT2D eigenvalue weighted by Gasteiger charge is 2.22. The summed E-state index contributed by atoms with van der Waals surface area (Å²) in [5.41, 5.74) is 1.62. The van der Waals surface area contributed by atoms with Crippen molar-refractivity contribution in [1.82, 2.24) is 4.90 Å². The van der Waals surface area contributed by atoms with Crippen molar-refractivity contribution >= 4 is 23.2 Å². The van der Waals surface area contributed by atoms with E-state index in [9.17, 15) is 9.59 Å². The molecule has 6 heteroatoms. The Morgan fingerprint density at radius 3 is 2.25 bits per heavy atom. The molecule has 24 heavy (non-hydrogen) atoms. The Balaban J connectivity index is 1.86. The molecule has 0 spiro atoms. The Bertz CT molecular complexity index is 551. The molecule has 1 fully saturated rings. The van der Waals surface area contributed by atoms with Crippen LogP contribution in [0.4, 0.5) is 11.4 Å². The van der Waals surface area contributed by atoms with E-state index in [4.69, 9.17) is 4.74 Å². The summed E-state index contributed by atoms with van der Waals surface area (Å²) in [7, 11) is 0. The molecule has 1 aromatic rings. The van der Waals surface area contributed by atoms with Crippen LogP contribution in [0.1, 0.15) is 27.2 Å². The Morgan fingerprint density at radius 1 is 1.08 bits per heavy atom. The molecular weight excluding hydrogens is 306 g/mol. The summed E-state index contributed by atoms with van der Waals surface area (Å²) in [6, 6.07) is 7.12. The molecule has 0 bridgehead atoms. The van der Waals surface area contributed by atoms with Crippen molar-refractivity contribution in [3.63, 3.8) is 0 Å². The molecule has 2 N–H and O–H groups in total. The minimum atomic E-state index is -0.301. The zero-order valence-electron chi connectivity index (χ0n) is 14.7. The van der Waals surface area contributed by atoms with Gasteiger partial charge >= 0.3 is 0 Å². The lowest BCUT2D eigenvalue weighted by molar-refractivity contribution is -0.135. The lowest BCUT2D eigenvalue weighted by atomic mass is 10.1. The van der Waals surface area contributed by atoms with Crippen LogP contribution in [0.25, 0.3) is 0 Å². The van der Waals surface area contributed by atoms with Crippen LogP contribution in [0.15, 0.2) is 24.3 Å². The molecule has 0 saturated carbocycles. The molecule has 0 unspecified atom stereocenters. The molecule has 1 aliphatic rings. The Hall–Kier alpha value is -2.08. The minimum absolute atomic E-state index is 0.0153. The quantitative estimate of drug-likeness (QED) is 0.838. The summed E-state index contributed by atoms with van der Waals surface area (Å²) in [5.74, 6) is 0.423. The number of amides is 2. The standard InChI is InChI=1S/C18H27N3O3/c1-13(2)12-17(22)20-16-6-4-15(5-7-16)19-14(3)18(23)21-8-10-24-11-9-21/h4-7,13-14,19H,8-12H2,1-3H3,(H,20,22)/t14-/m1/s1. The topological polar surface area (TPSA) is 70.7 Å². The van der Waals surface area contributed by atoms with Crippen LogP contribution in [0.5, 0.6) is 0 Å². The van der Waals surface area contributed by atoms with Crippen molar-refractivity contribution in [1.29, 1.82) is 0 Å². The molecule has 6 nitrogen and oxygen atoms in total. The number of ether oxygens (including phenoxy) is 1. The van der Waals surface area contributed by atoms with E-state index in [2.05, 4.69) is 10.6 Å². The SMILES string of the molecule is CC(C)CC(=O)Nc1ccc(N[C@H](C)C(=O)N2CCOCC2)cc1. The van der Waals surface area contributed by atoms with Crippen LogP contribution < -0.4 is 10.6 Å². The lowest BCUT2D eigenvalue weighted by Crippen LogP contribution is -2.46. The Labute approximate surface area is 143 Å². The zero-order valence-corrected chi connectivity index (χ0v) is 14.7. The number of anilines is 2. The maximum Gasteiger partial charge on any atom is 0.244 e. The van der Waals surface area contributed by atoms with Gasteiger partial charge in [-0.15, -0.1) is 0 Å². The summed E-state index contributed by atoms with van der Waals surface area (Å²) in [6.07, 6.45) is 0.505. The smallest absolute Gasteiger partial charge is 0.244 e. The predicted octanol–water partition coefficient (Wildman–Crippen LogP) is 2.33. The molecular formula is C18H27N3O3. The monoisotopic (exact) mass is 333 g/mol. The number of hydrogen-bond acceptors (Lipinski definition) is 4. The first-order valence-electron chi connectivity index (χ1n) is 8.48. The van der Waals surface area contributed by atoms with Crippen LogP contribution in [-0.4, -0.2) is 49.1 Å². The van der Waals surface area contributed by atoms with Crippen LogP contribution in [-0.2, 0) is 14.3 Å². The molecule has 2 amide bonds. The molecule has 1 aliphatic heterocycles. The fraction of sp³-hybridized carbons (Fsp3) is 0.556. The zero-order chi connectivity index (χ0) is 17.5. The third kappa shape index (κ3) is 5.53. The summed E-state index contributed by atoms with van der Waals surface area (Å²) in [4.78, 5) is 26.0. The summed E-state index contributed by atoms with van der Waals surface area (Å²) in [6.45, 7) is 8.37. The normalized spacial score (nSPS) is 15.9. The Morgan fingerprint density at radius 2 is 1.67 bits per heavy atom. The van der Waals surface area contributed by atoms with E-state index in [0.29, 0.717) is 38.6 Å². The van der Waals surface area contributed by atoms with Crippen molar-refractivity contribution < 1.29 is 14.3 Å². The van der Waals surface area contributed by atoms with Crippen LogP contribution in [0.3, 0.4) is 0 Å². The highest BCUT2D eigenvalue weighted by Crippen LogP contribution is 2.16. The average Bonchev–Trinajstić information content (AvgIpc) is 2.56. The van der Waals surface area contributed by atoms with E-state index < -0.39 is 0 Å². The van der Waals surface area contributed by atoms with E-state index in [1.165, 1.54) is 0 Å². The Kier molecular flexibility index (Phi) is 6.61. The second kappa shape index (κ2) is 8.68. The highest BCUT2D eigenvalue weighted by atomic mass is 16.5. The average molecular weight is 333 g/mol. The number of nitrogens with zero attached hydrogens (tertiary/aromatic N) is 1. The van der Waals surface area contributed by atoms with Crippen LogP contribution in [0, 0.1) is 5.92 Å². The molecule has 0 aliphatic carbocycles. The van der Waals surface area contributed by atoms with Gasteiger partial charge in [-0.2, -0.15) is 0 Å². The fourth-order valence-electron chi connectivity index (χ4n) is 2.60. The van der Waals surface area contributed by atoms with Crippen molar-refractivity contribution in [2.24, 2.45) is 5.92 Å². The largest absolute Gasteiger partial charge is 0.378 e. The summed E-state index contributed by atoms with van der Waals surface area (Å²) < 4.78 is 5.27. The van der Waals surface area contributed by atoms with Gasteiger partial charge in [0.15, 0.2) is 0 Å². The van der Waals surface area contributed by atoms with E-state index in [1.54, 1.807) is 0 Å². The first-order valence-corrected chi connectivity index (χ1v) is 8.48. The number of nitrogens with one attached hydrogen (secondary N) is 2. The van der Waals surface area contributed by atoms with Gasteiger partial charge in [-0.1, -0.05) is 13.8 Å². The molecule has 1 saturated heterocycles. The number of benzene rings is 1. The van der Waals surface area contributed by atoms with Crippen molar-refractivity contribution in [3.8, 4) is 0 Å². The number of hydrogen-bond donors (Lipinski definition) is 2. The van der Waals surface area contributed by atoms with Crippen LogP contribution >= 0.6 is 0 Å². The number of morpholine rings is 1. The van der Waals surface area contributed by atoms with Gasteiger partial charge in [-0.3, -0.25) is 9.59 Å². The van der Waals surface area contributed by atoms with Crippen molar-refractivity contribution in [2.45, 2.75) is 33.2 Å². The third-order valence-electron chi connectivity index (χ3n) is 3.84. The molecule has 1 aromatic carbocycles. The maximum atomic E-state index is 12.4. The van der Waals surface area contributed by atoms with E-state index in [0.717, 1.165) is 11.4 Å². The van der Waals surface area contributed by atoms with Gasteiger partial charge in [0.25, 0.3) is 0 Å². The maximum absolute atomic E-state index is 12.4. The van der Waals surface area contributed by atoms with E-state index in [1.807, 2.05) is 49.9 Å². The van der Waals surface area contributed by atoms with Gasteiger partial charge in [-0.25, -0.2) is 0 Å². The summed E-state index contributed by atoms with van der Waals surface area (Å²) in [5, 5.41) is 6.08. The molecule has 0 radical (unpaired) electrons. The molecule has 2 rings (SSSR count). The van der Waals surface area contributed by atoms with Gasteiger partial charge in [0.1, 0.15) is 6.04 Å². The van der Waals surface area contributed by atoms with Gasteiger partial charge in [0.05, 0.1) is 13.2 Å². The van der Waals surface area contributed by atoms with Gasteiger partial charge < -0.3 is 20.3 Å². The van der Waals surface area contributed by atoms with E-state index >= 15 is 0 Å². The number of rotatable bonds is 6. The highest BCUT2D eigenvalue weighted by molar-refractivity contribution is 5.91. The fourth-order valence-corrected chi connectivity index (χ4v) is 2.60. The van der Waals surface area contributed by atoms with Gasteiger partial charge in [0, 0.05) is 30.9 Å². The van der Waals surface area contributed by atoms with Gasteiger partial charge in [-0.05, 0) is 37.1 Å². The van der Waals surface area contributed by atoms with Crippen LogP contribution in [0.2, 0.25) is 0 Å². The minimum Gasteiger partial charge on any atom is -0.378 e. The summed E-state index contributed by atoms with van der Waals surface area (Å²) >= 11 is 0. The second-order valence-electron chi connectivity index (χ2n) is 6.53. The van der Waals surface area contributed by atoms with Crippen molar-refractivity contribution in [3.05, 3.63) is 24.3 Å². The lowest BCUT2D eigenvalue weighted by Gasteiger charge is -2.29. The van der Waals surface area contributed by atoms with E-state index in [-0.39, 0.29) is 17.9 Å². The van der Waals surface area contributed by atoms with Crippen molar-refractivity contribution in [2.75, 3.05) is 36.9 Å². The van der Waals surface area contributed by atoms with Gasteiger partial charge in [0.2, 0.25) is 11.8 Å². The first-order chi connectivity index (χ1) is 11.5. The molecule has 0 aromatic heterocycles. The molecule has 1 heterocycles. The third-order valence-corrected chi connectivity index (χ3v) is 3.84. The second-order valence-corrected chi connectivity index (χ2v) is 6.53.